The second-order valence-corrected chi connectivity index (χ2v) is 7.47. The molecule has 0 spiro atoms. The van der Waals surface area contributed by atoms with Crippen LogP contribution in [0.2, 0.25) is 0 Å². The van der Waals surface area contributed by atoms with Crippen LogP contribution in [-0.4, -0.2) is 23.5 Å². The first kappa shape index (κ1) is 17.4. The topological polar surface area (TPSA) is 68.3 Å². The second-order valence-electron chi connectivity index (χ2n) is 5.67. The number of aromatic nitrogens is 1. The van der Waals surface area contributed by atoms with Gasteiger partial charge in [-0.15, -0.1) is 22.7 Å². The van der Waals surface area contributed by atoms with E-state index < -0.39 is 11.9 Å². The van der Waals surface area contributed by atoms with Crippen molar-refractivity contribution in [2.75, 3.05) is 11.9 Å². The zero-order valence-corrected chi connectivity index (χ0v) is 15.7. The first-order valence-electron chi connectivity index (χ1n) is 8.15. The Morgan fingerprint density at radius 2 is 1.85 bits per heavy atom. The van der Waals surface area contributed by atoms with E-state index >= 15 is 0 Å². The maximum atomic E-state index is 12.2. The molecule has 1 N–H and O–H groups in total. The Bertz CT molecular complexity index is 1100. The summed E-state index contributed by atoms with van der Waals surface area (Å²) in [6.45, 7) is -0.367. The number of anilines is 1. The van der Waals surface area contributed by atoms with E-state index in [1.807, 2.05) is 60.0 Å². The van der Waals surface area contributed by atoms with Gasteiger partial charge >= 0.3 is 5.97 Å². The van der Waals surface area contributed by atoms with Gasteiger partial charge in [-0.05, 0) is 22.9 Å². The minimum absolute atomic E-state index is 0.210. The molecule has 5 nitrogen and oxygen atoms in total. The number of nitrogens with zero attached hydrogens (tertiary/aromatic N) is 1. The van der Waals surface area contributed by atoms with Crippen LogP contribution in [0.15, 0.2) is 65.4 Å². The molecule has 0 radical (unpaired) electrons. The predicted molar refractivity (Wildman–Crippen MR) is 108 cm³/mol. The third kappa shape index (κ3) is 3.89. The quantitative estimate of drug-likeness (QED) is 0.493. The van der Waals surface area contributed by atoms with Gasteiger partial charge in [0, 0.05) is 16.5 Å². The zero-order valence-electron chi connectivity index (χ0n) is 14.0. The summed E-state index contributed by atoms with van der Waals surface area (Å²) in [4.78, 5) is 29.6. The third-order valence-corrected chi connectivity index (χ3v) is 5.72. The molecule has 0 atom stereocenters. The fraction of sp³-hybridized carbons (Fsp3) is 0.0500. The predicted octanol–water partition coefficient (Wildman–Crippen LogP) is 4.82. The number of amides is 1. The number of hydrogen-bond donors (Lipinski definition) is 1. The normalized spacial score (nSPS) is 10.7. The summed E-state index contributed by atoms with van der Waals surface area (Å²) < 4.78 is 5.10. The summed E-state index contributed by atoms with van der Waals surface area (Å²) in [6.07, 6.45) is 0. The standard InChI is InChI=1S/C20H14N2O3S2/c23-18(21-15-8-3-6-13-5-1-2-7-14(13)15)11-25-20(24)16-12-27-19(22-16)17-9-4-10-26-17/h1-10,12H,11H2,(H,21,23). The summed E-state index contributed by atoms with van der Waals surface area (Å²) in [7, 11) is 0. The Balaban J connectivity index is 1.38. The van der Waals surface area contributed by atoms with E-state index in [1.165, 1.54) is 11.3 Å². The second kappa shape index (κ2) is 7.69. The number of rotatable bonds is 5. The van der Waals surface area contributed by atoms with E-state index in [2.05, 4.69) is 10.3 Å². The van der Waals surface area contributed by atoms with Gasteiger partial charge in [0.25, 0.3) is 5.91 Å². The first-order chi connectivity index (χ1) is 13.2. The van der Waals surface area contributed by atoms with Crippen molar-refractivity contribution in [1.82, 2.24) is 4.98 Å². The van der Waals surface area contributed by atoms with Crippen molar-refractivity contribution >= 4 is 51.0 Å². The van der Waals surface area contributed by atoms with E-state index in [1.54, 1.807) is 16.7 Å². The van der Waals surface area contributed by atoms with E-state index in [4.69, 9.17) is 4.74 Å². The van der Waals surface area contributed by atoms with Crippen LogP contribution in [0.4, 0.5) is 5.69 Å². The summed E-state index contributed by atoms with van der Waals surface area (Å²) in [5, 5.41) is 9.09. The van der Waals surface area contributed by atoms with Gasteiger partial charge in [0.15, 0.2) is 12.3 Å². The fourth-order valence-electron chi connectivity index (χ4n) is 2.61. The summed E-state index contributed by atoms with van der Waals surface area (Å²) in [6, 6.07) is 17.3. The summed E-state index contributed by atoms with van der Waals surface area (Å²) in [5.74, 6) is -1.00. The van der Waals surface area contributed by atoms with E-state index in [0.717, 1.165) is 20.7 Å². The number of ether oxygens (including phenoxy) is 1. The van der Waals surface area contributed by atoms with Crippen LogP contribution in [0.3, 0.4) is 0 Å². The van der Waals surface area contributed by atoms with Gasteiger partial charge in [0.2, 0.25) is 0 Å². The lowest BCUT2D eigenvalue weighted by Gasteiger charge is -2.08. The molecule has 0 unspecified atom stereocenters. The Morgan fingerprint density at radius 3 is 2.70 bits per heavy atom. The smallest absolute Gasteiger partial charge is 0.358 e. The van der Waals surface area contributed by atoms with Gasteiger partial charge in [-0.1, -0.05) is 42.5 Å². The molecule has 2 aromatic carbocycles. The molecule has 4 aromatic rings. The van der Waals surface area contributed by atoms with Crippen LogP contribution in [0.25, 0.3) is 20.7 Å². The molecule has 7 heteroatoms. The number of nitrogens with one attached hydrogen (secondary N) is 1. The SMILES string of the molecule is O=C(COC(=O)c1csc(-c2cccs2)n1)Nc1cccc2ccccc12. The number of fused-ring (bicyclic) bond motifs is 1. The van der Waals surface area contributed by atoms with Gasteiger partial charge < -0.3 is 10.1 Å². The molecule has 0 aliphatic carbocycles. The van der Waals surface area contributed by atoms with Crippen molar-refractivity contribution in [3.8, 4) is 9.88 Å². The van der Waals surface area contributed by atoms with Crippen molar-refractivity contribution in [1.29, 1.82) is 0 Å². The van der Waals surface area contributed by atoms with Gasteiger partial charge in [-0.2, -0.15) is 0 Å². The van der Waals surface area contributed by atoms with Crippen LogP contribution in [0.1, 0.15) is 10.5 Å². The van der Waals surface area contributed by atoms with E-state index in [0.29, 0.717) is 5.69 Å². The minimum atomic E-state index is -0.609. The maximum absolute atomic E-state index is 12.2. The lowest BCUT2D eigenvalue weighted by Crippen LogP contribution is -2.21. The number of benzene rings is 2. The van der Waals surface area contributed by atoms with Crippen molar-refractivity contribution < 1.29 is 14.3 Å². The van der Waals surface area contributed by atoms with E-state index in [9.17, 15) is 9.59 Å². The van der Waals surface area contributed by atoms with Crippen LogP contribution in [0.5, 0.6) is 0 Å². The molecule has 0 saturated carbocycles. The molecule has 0 aliphatic heterocycles. The van der Waals surface area contributed by atoms with Crippen molar-refractivity contribution in [2.24, 2.45) is 0 Å². The summed E-state index contributed by atoms with van der Waals surface area (Å²) in [5.41, 5.74) is 0.893. The highest BCUT2D eigenvalue weighted by atomic mass is 32.1. The number of thiophene rings is 1. The number of hydrogen-bond acceptors (Lipinski definition) is 6. The highest BCUT2D eigenvalue weighted by molar-refractivity contribution is 7.20. The van der Waals surface area contributed by atoms with Gasteiger partial charge in [-0.25, -0.2) is 9.78 Å². The van der Waals surface area contributed by atoms with Crippen molar-refractivity contribution in [3.63, 3.8) is 0 Å². The molecule has 0 bridgehead atoms. The minimum Gasteiger partial charge on any atom is -0.451 e. The average Bonchev–Trinajstić information content (AvgIpc) is 3.38. The van der Waals surface area contributed by atoms with Crippen molar-refractivity contribution in [2.45, 2.75) is 0 Å². The molecular weight excluding hydrogens is 380 g/mol. The van der Waals surface area contributed by atoms with Crippen LogP contribution < -0.4 is 5.32 Å². The largest absolute Gasteiger partial charge is 0.451 e. The molecule has 0 fully saturated rings. The van der Waals surface area contributed by atoms with Crippen LogP contribution in [0, 0.1) is 0 Å². The number of esters is 1. The van der Waals surface area contributed by atoms with Gasteiger partial charge in [-0.3, -0.25) is 4.79 Å². The van der Waals surface area contributed by atoms with E-state index in [-0.39, 0.29) is 12.3 Å². The molecule has 0 aliphatic rings. The molecule has 2 heterocycles. The third-order valence-electron chi connectivity index (χ3n) is 3.84. The molecule has 27 heavy (non-hydrogen) atoms. The highest BCUT2D eigenvalue weighted by Crippen LogP contribution is 2.28. The number of carbonyl (C=O) groups excluding carboxylic acids is 2. The Labute approximate surface area is 163 Å². The maximum Gasteiger partial charge on any atom is 0.358 e. The van der Waals surface area contributed by atoms with Crippen LogP contribution >= 0.6 is 22.7 Å². The zero-order chi connectivity index (χ0) is 18.6. The Kier molecular flexibility index (Phi) is 4.95. The fourth-order valence-corrected chi connectivity index (χ4v) is 4.21. The number of carbonyl (C=O) groups is 2. The molecule has 0 saturated heterocycles. The van der Waals surface area contributed by atoms with Gasteiger partial charge in [0.1, 0.15) is 5.01 Å². The summed E-state index contributed by atoms with van der Waals surface area (Å²) >= 11 is 2.92. The van der Waals surface area contributed by atoms with Gasteiger partial charge in [0.05, 0.1) is 4.88 Å². The Morgan fingerprint density at radius 1 is 1.00 bits per heavy atom. The average molecular weight is 394 g/mol. The molecular formula is C20H14N2O3S2. The lowest BCUT2D eigenvalue weighted by molar-refractivity contribution is -0.119. The monoisotopic (exact) mass is 394 g/mol. The highest BCUT2D eigenvalue weighted by Gasteiger charge is 2.15. The molecule has 134 valence electrons. The molecule has 1 amide bonds. The lowest BCUT2D eigenvalue weighted by atomic mass is 10.1. The van der Waals surface area contributed by atoms with Crippen molar-refractivity contribution in [3.05, 3.63) is 71.1 Å². The Hall–Kier alpha value is -3.03. The number of thiazole rings is 1. The molecule has 4 rings (SSSR count). The van der Waals surface area contributed by atoms with Crippen LogP contribution in [-0.2, 0) is 9.53 Å². The molecule has 2 aromatic heterocycles. The first-order valence-corrected chi connectivity index (χ1v) is 9.91.